The fourth-order valence-electron chi connectivity index (χ4n) is 1.13. The molecular weight excluding hydrogens is 248 g/mol. The summed E-state index contributed by atoms with van der Waals surface area (Å²) in [6, 6.07) is 1.55. The van der Waals surface area contributed by atoms with Crippen molar-refractivity contribution < 1.29 is 14.3 Å². The van der Waals surface area contributed by atoms with E-state index in [9.17, 15) is 4.79 Å². The number of carboxylic acid groups (broad SMARTS) is 1. The Morgan fingerprint density at radius 3 is 3.06 bits per heavy atom. The molecule has 2 heterocycles. The van der Waals surface area contributed by atoms with Crippen molar-refractivity contribution in [3.8, 4) is 0 Å². The summed E-state index contributed by atoms with van der Waals surface area (Å²) in [6.45, 7) is 1.75. The minimum atomic E-state index is -1.05. The summed E-state index contributed by atoms with van der Waals surface area (Å²) in [4.78, 5) is 14.7. The van der Waals surface area contributed by atoms with Gasteiger partial charge in [0.2, 0.25) is 5.76 Å². The zero-order chi connectivity index (χ0) is 11.5. The number of aryl methyl sites for hydroxylation is 1. The maximum Gasteiger partial charge on any atom is 0.371 e. The number of carboxylic acids is 1. The maximum absolute atomic E-state index is 10.7. The third-order valence-electron chi connectivity index (χ3n) is 1.92. The summed E-state index contributed by atoms with van der Waals surface area (Å²) in [7, 11) is 0. The van der Waals surface area contributed by atoms with Crippen LogP contribution >= 0.6 is 23.3 Å². The Balaban J connectivity index is 2.07. The van der Waals surface area contributed by atoms with Crippen molar-refractivity contribution in [3.05, 3.63) is 29.5 Å². The number of hydrogen-bond donors (Lipinski definition) is 1. The first-order valence-corrected chi connectivity index (χ1v) is 6.15. The highest BCUT2D eigenvalue weighted by atomic mass is 32.2. The molecule has 0 unspecified atom stereocenters. The normalized spacial score (nSPS) is 10.6. The summed E-state index contributed by atoms with van der Waals surface area (Å²) < 4.78 is 9.84. The molecule has 0 aliphatic heterocycles. The van der Waals surface area contributed by atoms with E-state index in [0.29, 0.717) is 11.5 Å². The van der Waals surface area contributed by atoms with Gasteiger partial charge in [0.25, 0.3) is 0 Å². The molecule has 0 saturated carbocycles. The molecule has 2 aromatic heterocycles. The molecule has 0 saturated heterocycles. The maximum atomic E-state index is 10.7. The van der Waals surface area contributed by atoms with Crippen LogP contribution in [-0.2, 0) is 5.75 Å². The zero-order valence-electron chi connectivity index (χ0n) is 8.34. The molecule has 16 heavy (non-hydrogen) atoms. The average molecular weight is 256 g/mol. The number of nitrogens with zero attached hydrogens (tertiary/aromatic N) is 2. The monoisotopic (exact) mass is 256 g/mol. The molecule has 0 atom stereocenters. The van der Waals surface area contributed by atoms with Gasteiger partial charge in [-0.05, 0) is 24.5 Å². The van der Waals surface area contributed by atoms with Crippen LogP contribution < -0.4 is 0 Å². The Labute approximate surface area is 99.7 Å². The summed E-state index contributed by atoms with van der Waals surface area (Å²) in [6.07, 6.45) is 1.50. The molecule has 0 aliphatic carbocycles. The van der Waals surface area contributed by atoms with E-state index >= 15 is 0 Å². The van der Waals surface area contributed by atoms with E-state index in [1.807, 2.05) is 0 Å². The minimum absolute atomic E-state index is 0.0228. The molecule has 7 heteroatoms. The second-order valence-corrected chi connectivity index (χ2v) is 5.00. The first kappa shape index (κ1) is 11.2. The number of hydrogen-bond acceptors (Lipinski definition) is 6. The number of rotatable bonds is 4. The van der Waals surface area contributed by atoms with Crippen LogP contribution in [0.15, 0.2) is 21.2 Å². The van der Waals surface area contributed by atoms with Gasteiger partial charge in [0.15, 0.2) is 4.34 Å². The molecule has 0 spiro atoms. The van der Waals surface area contributed by atoms with Gasteiger partial charge in [0, 0.05) is 11.3 Å². The van der Waals surface area contributed by atoms with Gasteiger partial charge in [-0.2, -0.15) is 4.37 Å². The second-order valence-electron chi connectivity index (χ2n) is 2.99. The summed E-state index contributed by atoms with van der Waals surface area (Å²) >= 11 is 2.83. The molecule has 1 N–H and O–H groups in total. The van der Waals surface area contributed by atoms with Gasteiger partial charge >= 0.3 is 5.97 Å². The number of furan rings is 1. The van der Waals surface area contributed by atoms with Gasteiger partial charge in [-0.25, -0.2) is 9.78 Å². The van der Waals surface area contributed by atoms with E-state index in [1.165, 1.54) is 29.6 Å². The summed E-state index contributed by atoms with van der Waals surface area (Å²) in [5.74, 6) is 0.202. The van der Waals surface area contributed by atoms with Crippen LogP contribution in [0, 0.1) is 6.92 Å². The topological polar surface area (TPSA) is 76.2 Å². The van der Waals surface area contributed by atoms with Crippen LogP contribution in [0.2, 0.25) is 0 Å². The van der Waals surface area contributed by atoms with Crippen molar-refractivity contribution in [2.45, 2.75) is 17.0 Å². The quantitative estimate of drug-likeness (QED) is 0.847. The van der Waals surface area contributed by atoms with E-state index in [1.54, 1.807) is 13.0 Å². The molecule has 5 nitrogen and oxygen atoms in total. The third-order valence-corrected chi connectivity index (χ3v) is 3.77. The lowest BCUT2D eigenvalue weighted by Gasteiger charge is -1.94. The van der Waals surface area contributed by atoms with Crippen LogP contribution in [0.5, 0.6) is 0 Å². The largest absolute Gasteiger partial charge is 0.475 e. The van der Waals surface area contributed by atoms with Crippen molar-refractivity contribution in [2.24, 2.45) is 0 Å². The average Bonchev–Trinajstić information content (AvgIpc) is 2.84. The first-order chi connectivity index (χ1) is 7.66. The van der Waals surface area contributed by atoms with Gasteiger partial charge in [-0.1, -0.05) is 11.8 Å². The smallest absolute Gasteiger partial charge is 0.371 e. The lowest BCUT2D eigenvalue weighted by Crippen LogP contribution is -1.91. The number of carbonyl (C=O) groups is 1. The van der Waals surface area contributed by atoms with Crippen LogP contribution in [0.1, 0.15) is 21.9 Å². The molecule has 0 radical (unpaired) electrons. The van der Waals surface area contributed by atoms with Crippen molar-refractivity contribution in [1.29, 1.82) is 0 Å². The van der Waals surface area contributed by atoms with E-state index < -0.39 is 5.97 Å². The highest BCUT2D eigenvalue weighted by Crippen LogP contribution is 2.26. The van der Waals surface area contributed by atoms with Gasteiger partial charge in [-0.15, -0.1) is 0 Å². The molecule has 2 aromatic rings. The van der Waals surface area contributed by atoms with E-state index in [4.69, 9.17) is 9.52 Å². The summed E-state index contributed by atoms with van der Waals surface area (Å²) in [5.41, 5.74) is 0.873. The first-order valence-electron chi connectivity index (χ1n) is 4.39. The number of thioether (sulfide) groups is 1. The van der Waals surface area contributed by atoms with E-state index in [0.717, 1.165) is 9.90 Å². The fraction of sp³-hybridized carbons (Fsp3) is 0.222. The van der Waals surface area contributed by atoms with E-state index in [2.05, 4.69) is 9.36 Å². The lowest BCUT2D eigenvalue weighted by atomic mass is 10.3. The van der Waals surface area contributed by atoms with Crippen molar-refractivity contribution in [1.82, 2.24) is 9.36 Å². The number of aromatic carboxylic acids is 1. The molecule has 0 bridgehead atoms. The Kier molecular flexibility index (Phi) is 3.25. The van der Waals surface area contributed by atoms with Gasteiger partial charge < -0.3 is 9.52 Å². The molecule has 0 fully saturated rings. The molecule has 84 valence electrons. The predicted octanol–water partition coefficient (Wildman–Crippen LogP) is 2.43. The standard InChI is InChI=1S/C9H8N2O3S2/c1-5-6(2-7(14-5)8(12)13)3-15-9-10-4-11-16-9/h2,4H,3H2,1H3,(H,12,13). The van der Waals surface area contributed by atoms with Crippen molar-refractivity contribution in [3.63, 3.8) is 0 Å². The Morgan fingerprint density at radius 1 is 1.69 bits per heavy atom. The molecule has 0 aliphatic rings. The Bertz CT molecular complexity index is 493. The fourth-order valence-corrected chi connectivity index (χ4v) is 2.62. The van der Waals surface area contributed by atoms with Crippen LogP contribution in [0.3, 0.4) is 0 Å². The SMILES string of the molecule is Cc1oc(C(=O)O)cc1CSc1ncns1. The zero-order valence-corrected chi connectivity index (χ0v) is 9.97. The van der Waals surface area contributed by atoms with Crippen LogP contribution in [-0.4, -0.2) is 20.4 Å². The summed E-state index contributed by atoms with van der Waals surface area (Å²) in [5, 5.41) is 8.75. The van der Waals surface area contributed by atoms with Gasteiger partial charge in [0.1, 0.15) is 12.1 Å². The Hall–Kier alpha value is -1.34. The molecule has 2 rings (SSSR count). The van der Waals surface area contributed by atoms with Crippen molar-refractivity contribution >= 4 is 29.3 Å². The minimum Gasteiger partial charge on any atom is -0.475 e. The molecule has 0 aromatic carbocycles. The number of aromatic nitrogens is 2. The Morgan fingerprint density at radius 2 is 2.50 bits per heavy atom. The van der Waals surface area contributed by atoms with Crippen LogP contribution in [0.4, 0.5) is 0 Å². The van der Waals surface area contributed by atoms with E-state index in [-0.39, 0.29) is 5.76 Å². The van der Waals surface area contributed by atoms with Crippen LogP contribution in [0.25, 0.3) is 0 Å². The lowest BCUT2D eigenvalue weighted by molar-refractivity contribution is 0.0661. The predicted molar refractivity (Wildman–Crippen MR) is 59.9 cm³/mol. The van der Waals surface area contributed by atoms with Gasteiger partial charge in [0.05, 0.1) is 0 Å². The molecule has 0 amide bonds. The van der Waals surface area contributed by atoms with Crippen molar-refractivity contribution in [2.75, 3.05) is 0 Å². The van der Waals surface area contributed by atoms with Gasteiger partial charge in [-0.3, -0.25) is 0 Å². The highest BCUT2D eigenvalue weighted by molar-refractivity contribution is 8.00. The second kappa shape index (κ2) is 4.67. The highest BCUT2D eigenvalue weighted by Gasteiger charge is 2.13. The third kappa shape index (κ3) is 2.42. The molecular formula is C9H8N2O3S2.